The lowest BCUT2D eigenvalue weighted by Crippen LogP contribution is -2.37. The van der Waals surface area contributed by atoms with Gasteiger partial charge in [-0.05, 0) is 63.9 Å². The normalized spacial score (nSPS) is 14.9. The molecule has 0 spiro atoms. The highest BCUT2D eigenvalue weighted by Crippen LogP contribution is 2.29. The molecule has 8 heteroatoms. The molecule has 1 heterocycles. The van der Waals surface area contributed by atoms with Crippen molar-refractivity contribution >= 4 is 34.7 Å². The number of aliphatic imine (C=N–C) groups is 1. The van der Waals surface area contributed by atoms with E-state index in [1.54, 1.807) is 26.0 Å². The second-order valence-electron chi connectivity index (χ2n) is 8.42. The average molecular weight is 474 g/mol. The summed E-state index contributed by atoms with van der Waals surface area (Å²) in [5.74, 6) is -0.676. The van der Waals surface area contributed by atoms with Crippen molar-refractivity contribution in [3.05, 3.63) is 65.4 Å². The molecule has 0 atom stereocenters. The van der Waals surface area contributed by atoms with Crippen LogP contribution in [-0.2, 0) is 14.3 Å². The van der Waals surface area contributed by atoms with E-state index in [-0.39, 0.29) is 17.5 Å². The summed E-state index contributed by atoms with van der Waals surface area (Å²) in [5.41, 5.74) is 10.0. The number of amides is 1. The fourth-order valence-electron chi connectivity index (χ4n) is 4.03. The van der Waals surface area contributed by atoms with E-state index in [9.17, 15) is 14.9 Å². The van der Waals surface area contributed by atoms with Gasteiger partial charge in [-0.1, -0.05) is 17.7 Å². The number of piperidine rings is 1. The molecular weight excluding hydrogens is 442 g/mol. The Balaban J connectivity index is 1.70. The summed E-state index contributed by atoms with van der Waals surface area (Å²) in [7, 11) is 0. The Bertz CT molecular complexity index is 1170. The Kier molecular flexibility index (Phi) is 8.63. The third-order valence-electron chi connectivity index (χ3n) is 5.96. The molecule has 0 bridgehead atoms. The number of nitrogens with one attached hydrogen (secondary N) is 1. The number of rotatable bonds is 7. The van der Waals surface area contributed by atoms with Crippen LogP contribution in [0, 0.1) is 24.2 Å². The lowest BCUT2D eigenvalue weighted by atomic mass is 9.96. The number of carbonyl (C=O) groups is 2. The van der Waals surface area contributed by atoms with E-state index in [4.69, 9.17) is 10.5 Å². The number of carbonyl (C=O) groups excluding carboxylic acids is 2. The molecule has 2 aromatic rings. The monoisotopic (exact) mass is 473 g/mol. The highest BCUT2D eigenvalue weighted by Gasteiger charge is 2.27. The molecule has 0 aliphatic carbocycles. The molecule has 1 amide bonds. The molecule has 1 aliphatic rings. The molecule has 0 aromatic heterocycles. The van der Waals surface area contributed by atoms with Crippen LogP contribution in [0.3, 0.4) is 0 Å². The van der Waals surface area contributed by atoms with Crippen molar-refractivity contribution in [1.29, 1.82) is 5.26 Å². The fraction of sp³-hybridized carbons (Fsp3) is 0.333. The van der Waals surface area contributed by atoms with Crippen LogP contribution in [0.4, 0.5) is 17.1 Å². The Morgan fingerprint density at radius 2 is 1.91 bits per heavy atom. The summed E-state index contributed by atoms with van der Waals surface area (Å²) in [4.78, 5) is 31.5. The van der Waals surface area contributed by atoms with E-state index in [2.05, 4.69) is 21.3 Å². The van der Waals surface area contributed by atoms with Gasteiger partial charge >= 0.3 is 5.97 Å². The van der Waals surface area contributed by atoms with Crippen LogP contribution in [0.25, 0.3) is 0 Å². The van der Waals surface area contributed by atoms with Gasteiger partial charge in [-0.3, -0.25) is 14.6 Å². The summed E-state index contributed by atoms with van der Waals surface area (Å²) in [5, 5.41) is 12.5. The molecular formula is C27H31N5O3. The van der Waals surface area contributed by atoms with Crippen molar-refractivity contribution in [1.82, 2.24) is 0 Å². The van der Waals surface area contributed by atoms with Crippen molar-refractivity contribution < 1.29 is 14.3 Å². The predicted molar refractivity (Wildman–Crippen MR) is 138 cm³/mol. The van der Waals surface area contributed by atoms with E-state index >= 15 is 0 Å². The molecule has 3 N–H and O–H groups in total. The molecule has 0 saturated carbocycles. The number of hydrogen-bond donors (Lipinski definition) is 2. The molecule has 35 heavy (non-hydrogen) atoms. The van der Waals surface area contributed by atoms with Gasteiger partial charge in [0, 0.05) is 25.0 Å². The van der Waals surface area contributed by atoms with Crippen LogP contribution in [0.5, 0.6) is 0 Å². The van der Waals surface area contributed by atoms with Gasteiger partial charge in [0.25, 0.3) is 5.91 Å². The number of aryl methyl sites for hydroxylation is 1. The summed E-state index contributed by atoms with van der Waals surface area (Å²) in [6, 6.07) is 15.1. The minimum Gasteiger partial charge on any atom is -0.466 e. The van der Waals surface area contributed by atoms with Crippen LogP contribution in [0.1, 0.15) is 37.8 Å². The SMILES string of the molecule is CCOC(=O)C1CCN(c2ccc(NC(=O)C(=CN)C(C)=Nc3ccc(C)cc3)cc2C#N)CC1. The predicted octanol–water partition coefficient (Wildman–Crippen LogP) is 4.22. The summed E-state index contributed by atoms with van der Waals surface area (Å²) >= 11 is 0. The summed E-state index contributed by atoms with van der Waals surface area (Å²) < 4.78 is 5.13. The van der Waals surface area contributed by atoms with E-state index in [0.717, 1.165) is 16.9 Å². The van der Waals surface area contributed by atoms with Crippen LogP contribution in [0.2, 0.25) is 0 Å². The van der Waals surface area contributed by atoms with Gasteiger partial charge in [-0.2, -0.15) is 5.26 Å². The lowest BCUT2D eigenvalue weighted by Gasteiger charge is -2.33. The third-order valence-corrected chi connectivity index (χ3v) is 5.96. The molecule has 0 radical (unpaired) electrons. The zero-order chi connectivity index (χ0) is 25.4. The van der Waals surface area contributed by atoms with Gasteiger partial charge < -0.3 is 20.7 Å². The minimum absolute atomic E-state index is 0.110. The number of esters is 1. The van der Waals surface area contributed by atoms with Crippen molar-refractivity contribution in [2.75, 3.05) is 29.9 Å². The number of benzene rings is 2. The Labute approximate surface area is 206 Å². The van der Waals surface area contributed by atoms with Gasteiger partial charge in [-0.25, -0.2) is 0 Å². The van der Waals surface area contributed by atoms with Gasteiger partial charge in [0.05, 0.1) is 40.7 Å². The van der Waals surface area contributed by atoms with Gasteiger partial charge in [0.15, 0.2) is 0 Å². The highest BCUT2D eigenvalue weighted by atomic mass is 16.5. The fourth-order valence-corrected chi connectivity index (χ4v) is 4.03. The maximum absolute atomic E-state index is 12.9. The smallest absolute Gasteiger partial charge is 0.309 e. The second-order valence-corrected chi connectivity index (χ2v) is 8.42. The van der Waals surface area contributed by atoms with Gasteiger partial charge in [0.2, 0.25) is 0 Å². The number of ether oxygens (including phenoxy) is 1. The third kappa shape index (κ3) is 6.48. The Morgan fingerprint density at radius 3 is 2.51 bits per heavy atom. The number of nitrogens with two attached hydrogens (primary N) is 1. The Hall–Kier alpha value is -4.12. The average Bonchev–Trinajstić information content (AvgIpc) is 2.86. The first-order valence-electron chi connectivity index (χ1n) is 11.7. The zero-order valence-electron chi connectivity index (χ0n) is 20.4. The molecule has 8 nitrogen and oxygen atoms in total. The first-order valence-corrected chi connectivity index (χ1v) is 11.7. The van der Waals surface area contributed by atoms with Crippen LogP contribution < -0.4 is 16.0 Å². The molecule has 1 saturated heterocycles. The van der Waals surface area contributed by atoms with E-state index in [1.165, 1.54) is 6.20 Å². The molecule has 0 unspecified atom stereocenters. The van der Waals surface area contributed by atoms with Crippen molar-refractivity contribution in [2.45, 2.75) is 33.6 Å². The van der Waals surface area contributed by atoms with Crippen LogP contribution in [0.15, 0.2) is 59.2 Å². The highest BCUT2D eigenvalue weighted by molar-refractivity contribution is 6.25. The molecule has 1 fully saturated rings. The molecule has 1 aliphatic heterocycles. The lowest BCUT2D eigenvalue weighted by molar-refractivity contribution is -0.148. The van der Waals surface area contributed by atoms with E-state index in [0.29, 0.717) is 49.5 Å². The quantitative estimate of drug-likeness (QED) is 0.353. The minimum atomic E-state index is -0.409. The van der Waals surface area contributed by atoms with Crippen LogP contribution in [-0.4, -0.2) is 37.3 Å². The van der Waals surface area contributed by atoms with Crippen LogP contribution >= 0.6 is 0 Å². The van der Waals surface area contributed by atoms with E-state index in [1.807, 2.05) is 37.3 Å². The van der Waals surface area contributed by atoms with Crippen molar-refractivity contribution in [2.24, 2.45) is 16.6 Å². The van der Waals surface area contributed by atoms with Gasteiger partial charge in [-0.15, -0.1) is 0 Å². The topological polar surface area (TPSA) is 121 Å². The number of hydrogen-bond acceptors (Lipinski definition) is 7. The van der Waals surface area contributed by atoms with Crippen molar-refractivity contribution in [3.63, 3.8) is 0 Å². The second kappa shape index (κ2) is 11.8. The number of nitrogens with zero attached hydrogens (tertiary/aromatic N) is 3. The Morgan fingerprint density at radius 1 is 1.23 bits per heavy atom. The van der Waals surface area contributed by atoms with Gasteiger partial charge in [0.1, 0.15) is 6.07 Å². The first kappa shape index (κ1) is 25.5. The number of anilines is 2. The zero-order valence-corrected chi connectivity index (χ0v) is 20.4. The maximum atomic E-state index is 12.9. The molecule has 182 valence electrons. The summed E-state index contributed by atoms with van der Waals surface area (Å²) in [6.45, 7) is 7.20. The van der Waals surface area contributed by atoms with E-state index < -0.39 is 5.91 Å². The molecule has 2 aromatic carbocycles. The largest absolute Gasteiger partial charge is 0.466 e. The summed E-state index contributed by atoms with van der Waals surface area (Å²) in [6.07, 6.45) is 2.58. The standard InChI is InChI=1S/C27H31N5O3/c1-4-35-27(34)20-11-13-32(14-12-20)25-10-9-23(15-21(25)16-28)31-26(33)24(17-29)19(3)30-22-7-5-18(2)6-8-22/h5-10,15,17,20H,4,11-14,29H2,1-3H3,(H,31,33). The molecule has 3 rings (SSSR count). The first-order chi connectivity index (χ1) is 16.9. The maximum Gasteiger partial charge on any atom is 0.309 e. The van der Waals surface area contributed by atoms with Crippen molar-refractivity contribution in [3.8, 4) is 6.07 Å². The number of nitriles is 1.